The molecule has 2 heterocycles. The lowest BCUT2D eigenvalue weighted by atomic mass is 10.2. The second-order valence-electron chi connectivity index (χ2n) is 5.44. The normalized spacial score (nSPS) is 19.7. The van der Waals surface area contributed by atoms with Gasteiger partial charge in [-0.1, -0.05) is 0 Å². The highest BCUT2D eigenvalue weighted by molar-refractivity contribution is 14.1. The molecule has 4 nitrogen and oxygen atoms in total. The van der Waals surface area contributed by atoms with E-state index in [2.05, 4.69) is 53.7 Å². The van der Waals surface area contributed by atoms with Crippen molar-refractivity contribution in [3.8, 4) is 5.75 Å². The molecule has 1 saturated heterocycles. The zero-order valence-corrected chi connectivity index (χ0v) is 14.0. The van der Waals surface area contributed by atoms with Gasteiger partial charge in [-0.05, 0) is 55.3 Å². The first-order chi connectivity index (χ1) is 9.65. The predicted octanol–water partition coefficient (Wildman–Crippen LogP) is 4.13. The van der Waals surface area contributed by atoms with E-state index in [0.29, 0.717) is 6.04 Å². The summed E-state index contributed by atoms with van der Waals surface area (Å²) in [6.07, 6.45) is 5.09. The van der Waals surface area contributed by atoms with Crippen LogP contribution in [0.5, 0.6) is 5.75 Å². The molecule has 0 amide bonds. The van der Waals surface area contributed by atoms with Gasteiger partial charge in [0, 0.05) is 23.9 Å². The van der Waals surface area contributed by atoms with Crippen molar-refractivity contribution in [2.75, 3.05) is 6.61 Å². The number of hydrogen-bond donors (Lipinski definition) is 0. The molecule has 1 fully saturated rings. The minimum absolute atomic E-state index is 0.106. The fourth-order valence-corrected chi connectivity index (χ4v) is 3.11. The Morgan fingerprint density at radius 3 is 2.95 bits per heavy atom. The van der Waals surface area contributed by atoms with Gasteiger partial charge in [0.2, 0.25) is 0 Å². The van der Waals surface area contributed by atoms with Gasteiger partial charge >= 0.3 is 0 Å². The van der Waals surface area contributed by atoms with E-state index in [4.69, 9.17) is 9.47 Å². The Morgan fingerprint density at radius 2 is 2.25 bits per heavy atom. The number of rotatable bonds is 3. The van der Waals surface area contributed by atoms with E-state index in [0.717, 1.165) is 39.7 Å². The van der Waals surface area contributed by atoms with Gasteiger partial charge in [0.05, 0.1) is 21.9 Å². The lowest BCUT2D eigenvalue weighted by Crippen LogP contribution is -2.25. The van der Waals surface area contributed by atoms with E-state index in [-0.39, 0.29) is 6.29 Å². The Morgan fingerprint density at radius 1 is 1.40 bits per heavy atom. The largest absolute Gasteiger partial charge is 0.464 e. The molecule has 0 N–H and O–H groups in total. The fourth-order valence-electron chi connectivity index (χ4n) is 2.49. The van der Waals surface area contributed by atoms with Gasteiger partial charge in [-0.15, -0.1) is 0 Å². The van der Waals surface area contributed by atoms with Crippen molar-refractivity contribution in [1.82, 2.24) is 9.78 Å². The predicted molar refractivity (Wildman–Crippen MR) is 87.1 cm³/mol. The molecule has 1 unspecified atom stereocenters. The average molecular weight is 386 g/mol. The van der Waals surface area contributed by atoms with Crippen molar-refractivity contribution in [3.63, 3.8) is 0 Å². The standard InChI is InChI=1S/C15H19IN2O2/c1-10(2)18-13-8-14(12(16)7-11(13)9-17-18)20-15-5-3-4-6-19-15/h7-10,15H,3-6H2,1-2H3. The summed E-state index contributed by atoms with van der Waals surface area (Å²) in [6, 6.07) is 4.55. The van der Waals surface area contributed by atoms with Crippen LogP contribution in [0.1, 0.15) is 39.2 Å². The Labute approximate surface area is 132 Å². The highest BCUT2D eigenvalue weighted by Gasteiger charge is 2.18. The number of benzene rings is 1. The van der Waals surface area contributed by atoms with E-state index in [9.17, 15) is 0 Å². The zero-order chi connectivity index (χ0) is 14.1. The summed E-state index contributed by atoms with van der Waals surface area (Å²) in [7, 11) is 0. The number of hydrogen-bond acceptors (Lipinski definition) is 3. The number of fused-ring (bicyclic) bond motifs is 1. The van der Waals surface area contributed by atoms with Crippen molar-refractivity contribution in [3.05, 3.63) is 21.9 Å². The summed E-state index contributed by atoms with van der Waals surface area (Å²) in [6.45, 7) is 5.07. The maximum absolute atomic E-state index is 6.03. The van der Waals surface area contributed by atoms with Crippen LogP contribution in [0.2, 0.25) is 0 Å². The second kappa shape index (κ2) is 5.89. The summed E-state index contributed by atoms with van der Waals surface area (Å²) in [5.74, 6) is 0.896. The van der Waals surface area contributed by atoms with E-state index >= 15 is 0 Å². The minimum Gasteiger partial charge on any atom is -0.464 e. The maximum Gasteiger partial charge on any atom is 0.199 e. The van der Waals surface area contributed by atoms with Crippen LogP contribution < -0.4 is 4.74 Å². The molecule has 1 aromatic heterocycles. The molecule has 1 aromatic carbocycles. The van der Waals surface area contributed by atoms with Crippen molar-refractivity contribution < 1.29 is 9.47 Å². The lowest BCUT2D eigenvalue weighted by molar-refractivity contribution is -0.106. The SMILES string of the molecule is CC(C)n1ncc2cc(I)c(OC3CCCCO3)cc21. The van der Waals surface area contributed by atoms with E-state index in [1.165, 1.54) is 6.42 Å². The highest BCUT2D eigenvalue weighted by Crippen LogP contribution is 2.30. The molecule has 1 aliphatic heterocycles. The first-order valence-electron chi connectivity index (χ1n) is 7.10. The van der Waals surface area contributed by atoms with Gasteiger partial charge in [0.25, 0.3) is 0 Å². The lowest BCUT2D eigenvalue weighted by Gasteiger charge is -2.24. The smallest absolute Gasteiger partial charge is 0.199 e. The van der Waals surface area contributed by atoms with Gasteiger partial charge in [-0.2, -0.15) is 5.10 Å². The molecule has 1 aliphatic rings. The van der Waals surface area contributed by atoms with E-state index < -0.39 is 0 Å². The number of ether oxygens (including phenoxy) is 2. The molecule has 108 valence electrons. The van der Waals surface area contributed by atoms with Gasteiger partial charge < -0.3 is 9.47 Å². The third kappa shape index (κ3) is 2.79. The molecule has 2 aromatic rings. The molecule has 20 heavy (non-hydrogen) atoms. The first-order valence-corrected chi connectivity index (χ1v) is 8.18. The van der Waals surface area contributed by atoms with Gasteiger partial charge in [0.1, 0.15) is 5.75 Å². The van der Waals surface area contributed by atoms with Crippen LogP contribution in [-0.4, -0.2) is 22.7 Å². The van der Waals surface area contributed by atoms with Crippen molar-refractivity contribution in [1.29, 1.82) is 0 Å². The first kappa shape index (κ1) is 14.1. The molecule has 5 heteroatoms. The van der Waals surface area contributed by atoms with Crippen LogP contribution in [-0.2, 0) is 4.74 Å². The van der Waals surface area contributed by atoms with Crippen LogP contribution in [0.15, 0.2) is 18.3 Å². The molecule has 0 spiro atoms. The second-order valence-corrected chi connectivity index (χ2v) is 6.60. The molecule has 3 rings (SSSR count). The number of nitrogens with zero attached hydrogens (tertiary/aromatic N) is 2. The number of aromatic nitrogens is 2. The van der Waals surface area contributed by atoms with Crippen LogP contribution in [0.4, 0.5) is 0 Å². The molecule has 0 bridgehead atoms. The summed E-state index contributed by atoms with van der Waals surface area (Å²) >= 11 is 2.31. The Kier molecular flexibility index (Phi) is 4.16. The highest BCUT2D eigenvalue weighted by atomic mass is 127. The number of halogens is 1. The molecular weight excluding hydrogens is 367 g/mol. The summed E-state index contributed by atoms with van der Waals surface area (Å²) < 4.78 is 14.8. The molecule has 0 aliphatic carbocycles. The average Bonchev–Trinajstić information content (AvgIpc) is 2.83. The maximum atomic E-state index is 6.03. The van der Waals surface area contributed by atoms with Crippen LogP contribution >= 0.6 is 22.6 Å². The molecular formula is C15H19IN2O2. The van der Waals surface area contributed by atoms with E-state index in [1.807, 2.05) is 10.9 Å². The fraction of sp³-hybridized carbons (Fsp3) is 0.533. The third-order valence-corrected chi connectivity index (χ3v) is 4.38. The zero-order valence-electron chi connectivity index (χ0n) is 11.8. The van der Waals surface area contributed by atoms with Crippen LogP contribution in [0, 0.1) is 3.57 Å². The third-order valence-electron chi connectivity index (χ3n) is 3.53. The van der Waals surface area contributed by atoms with Crippen LogP contribution in [0.3, 0.4) is 0 Å². The van der Waals surface area contributed by atoms with Gasteiger partial charge in [-0.25, -0.2) is 0 Å². The Hall–Kier alpha value is -0.820. The van der Waals surface area contributed by atoms with Crippen molar-refractivity contribution in [2.24, 2.45) is 0 Å². The Balaban J connectivity index is 1.93. The molecule has 0 radical (unpaired) electrons. The minimum atomic E-state index is -0.106. The summed E-state index contributed by atoms with van der Waals surface area (Å²) in [5.41, 5.74) is 1.12. The monoisotopic (exact) mass is 386 g/mol. The van der Waals surface area contributed by atoms with Crippen molar-refractivity contribution >= 4 is 33.5 Å². The quantitative estimate of drug-likeness (QED) is 0.745. The van der Waals surface area contributed by atoms with Gasteiger partial charge in [0.15, 0.2) is 6.29 Å². The van der Waals surface area contributed by atoms with Crippen LogP contribution in [0.25, 0.3) is 10.9 Å². The van der Waals surface area contributed by atoms with E-state index in [1.54, 1.807) is 0 Å². The topological polar surface area (TPSA) is 36.3 Å². The molecule has 0 saturated carbocycles. The van der Waals surface area contributed by atoms with Gasteiger partial charge in [-0.3, -0.25) is 4.68 Å². The summed E-state index contributed by atoms with van der Waals surface area (Å²) in [4.78, 5) is 0. The molecule has 1 atom stereocenters. The Bertz CT molecular complexity index is 603. The summed E-state index contributed by atoms with van der Waals surface area (Å²) in [5, 5.41) is 5.60. The van der Waals surface area contributed by atoms with Crippen molar-refractivity contribution in [2.45, 2.75) is 45.4 Å².